The first kappa shape index (κ1) is 17.1. The lowest BCUT2D eigenvalue weighted by Crippen LogP contribution is -2.49. The molecule has 2 rings (SSSR count). The highest BCUT2D eigenvalue weighted by Crippen LogP contribution is 2.23. The molecule has 120 valence electrons. The van der Waals surface area contributed by atoms with Gasteiger partial charge in [-0.25, -0.2) is 0 Å². The van der Waals surface area contributed by atoms with Gasteiger partial charge in [-0.2, -0.15) is 0 Å². The maximum atomic E-state index is 12.4. The highest BCUT2D eigenvalue weighted by atomic mass is 35.5. The second kappa shape index (κ2) is 7.31. The molecule has 1 fully saturated rings. The molecule has 1 heterocycles. The molecule has 3 N–H and O–H groups in total. The van der Waals surface area contributed by atoms with Gasteiger partial charge in [0.2, 0.25) is 11.8 Å². The van der Waals surface area contributed by atoms with Crippen molar-refractivity contribution in [1.82, 2.24) is 4.90 Å². The van der Waals surface area contributed by atoms with Gasteiger partial charge in [0.25, 0.3) is 0 Å². The molecule has 0 radical (unpaired) electrons. The van der Waals surface area contributed by atoms with Gasteiger partial charge in [0, 0.05) is 22.3 Å². The number of halogens is 2. The number of carbonyl (C=O) groups excluding carboxylic acids is 2. The van der Waals surface area contributed by atoms with Gasteiger partial charge in [-0.3, -0.25) is 14.5 Å². The van der Waals surface area contributed by atoms with E-state index in [-0.39, 0.29) is 23.8 Å². The molecule has 0 aromatic heterocycles. The van der Waals surface area contributed by atoms with Crippen LogP contribution in [0.1, 0.15) is 19.8 Å². The third-order valence-electron chi connectivity index (χ3n) is 3.91. The van der Waals surface area contributed by atoms with Gasteiger partial charge in [0.1, 0.15) is 0 Å². The van der Waals surface area contributed by atoms with Gasteiger partial charge < -0.3 is 11.1 Å². The maximum absolute atomic E-state index is 12.4. The average molecular weight is 344 g/mol. The standard InChI is InChI=1S/C15H19Cl2N3O2/c1-9(20-4-2-3-10(8-20)14(18)21)15(22)19-13-6-11(16)5-12(17)7-13/h5-7,9-10H,2-4,8H2,1H3,(H2,18,21)(H,19,22)/t9-,10+/m1/s1. The SMILES string of the molecule is C[C@H](C(=O)Nc1cc(Cl)cc(Cl)c1)N1CCC[C@H](C(N)=O)C1. The van der Waals surface area contributed by atoms with Gasteiger partial charge >= 0.3 is 0 Å². The fraction of sp³-hybridized carbons (Fsp3) is 0.467. The smallest absolute Gasteiger partial charge is 0.241 e. The van der Waals surface area contributed by atoms with Crippen LogP contribution < -0.4 is 11.1 Å². The molecule has 2 atom stereocenters. The molecule has 0 bridgehead atoms. The van der Waals surface area contributed by atoms with Crippen LogP contribution in [0.15, 0.2) is 18.2 Å². The first-order valence-electron chi connectivity index (χ1n) is 7.17. The average Bonchev–Trinajstić information content (AvgIpc) is 2.45. The van der Waals surface area contributed by atoms with E-state index in [4.69, 9.17) is 28.9 Å². The van der Waals surface area contributed by atoms with Crippen molar-refractivity contribution < 1.29 is 9.59 Å². The first-order valence-corrected chi connectivity index (χ1v) is 7.92. The van der Waals surface area contributed by atoms with Crippen LogP contribution in [0, 0.1) is 5.92 Å². The van der Waals surface area contributed by atoms with E-state index in [1.165, 1.54) is 0 Å². The summed E-state index contributed by atoms with van der Waals surface area (Å²) in [5.74, 6) is -0.660. The van der Waals surface area contributed by atoms with Crippen LogP contribution in [0.25, 0.3) is 0 Å². The highest BCUT2D eigenvalue weighted by molar-refractivity contribution is 6.35. The predicted molar refractivity (Wildman–Crippen MR) is 88.0 cm³/mol. The monoisotopic (exact) mass is 343 g/mol. The number of hydrogen-bond acceptors (Lipinski definition) is 3. The van der Waals surface area contributed by atoms with Crippen molar-refractivity contribution >= 4 is 40.7 Å². The summed E-state index contributed by atoms with van der Waals surface area (Å²) in [5, 5.41) is 3.72. The number of rotatable bonds is 4. The molecule has 7 heteroatoms. The van der Waals surface area contributed by atoms with E-state index in [1.807, 2.05) is 11.8 Å². The van der Waals surface area contributed by atoms with Crippen LogP contribution in [-0.4, -0.2) is 35.8 Å². The summed E-state index contributed by atoms with van der Waals surface area (Å²) in [6, 6.07) is 4.52. The molecule has 1 aromatic rings. The van der Waals surface area contributed by atoms with Crippen molar-refractivity contribution in [3.05, 3.63) is 28.2 Å². The Kier molecular flexibility index (Phi) is 5.67. The van der Waals surface area contributed by atoms with E-state index in [1.54, 1.807) is 18.2 Å². The Morgan fingerprint density at radius 1 is 1.32 bits per heavy atom. The van der Waals surface area contributed by atoms with E-state index < -0.39 is 0 Å². The quantitative estimate of drug-likeness (QED) is 0.881. The summed E-state index contributed by atoms with van der Waals surface area (Å²) >= 11 is 11.8. The Balaban J connectivity index is 2.00. The van der Waals surface area contributed by atoms with Gasteiger partial charge in [0.15, 0.2) is 0 Å². The first-order chi connectivity index (χ1) is 10.4. The predicted octanol–water partition coefficient (Wildman–Crippen LogP) is 2.52. The molecule has 5 nitrogen and oxygen atoms in total. The number of nitrogens with zero attached hydrogens (tertiary/aromatic N) is 1. The molecule has 22 heavy (non-hydrogen) atoms. The molecule has 0 saturated carbocycles. The molecule has 1 aromatic carbocycles. The number of nitrogens with one attached hydrogen (secondary N) is 1. The number of piperidine rings is 1. The van der Waals surface area contributed by atoms with Crippen molar-refractivity contribution in [3.63, 3.8) is 0 Å². The largest absolute Gasteiger partial charge is 0.369 e. The maximum Gasteiger partial charge on any atom is 0.241 e. The van der Waals surface area contributed by atoms with Crippen LogP contribution in [-0.2, 0) is 9.59 Å². The Morgan fingerprint density at radius 3 is 2.55 bits per heavy atom. The highest BCUT2D eigenvalue weighted by Gasteiger charge is 2.29. The van der Waals surface area contributed by atoms with Crippen molar-refractivity contribution in [2.24, 2.45) is 11.7 Å². The van der Waals surface area contributed by atoms with Crippen LogP contribution >= 0.6 is 23.2 Å². The molecular weight excluding hydrogens is 325 g/mol. The van der Waals surface area contributed by atoms with Gasteiger partial charge in [-0.1, -0.05) is 23.2 Å². The van der Waals surface area contributed by atoms with Crippen LogP contribution in [0.4, 0.5) is 5.69 Å². The minimum Gasteiger partial charge on any atom is -0.369 e. The van der Waals surface area contributed by atoms with Crippen molar-refractivity contribution in [2.75, 3.05) is 18.4 Å². The van der Waals surface area contributed by atoms with Crippen LogP contribution in [0.3, 0.4) is 0 Å². The van der Waals surface area contributed by atoms with E-state index >= 15 is 0 Å². The van der Waals surface area contributed by atoms with Crippen LogP contribution in [0.5, 0.6) is 0 Å². The minimum atomic E-state index is -0.361. The second-order valence-corrected chi connectivity index (χ2v) is 6.43. The van der Waals surface area contributed by atoms with Gasteiger partial charge in [0.05, 0.1) is 12.0 Å². The fourth-order valence-electron chi connectivity index (χ4n) is 2.63. The molecule has 0 aliphatic carbocycles. The third kappa shape index (κ3) is 4.35. The van der Waals surface area contributed by atoms with E-state index in [2.05, 4.69) is 5.32 Å². The molecule has 0 spiro atoms. The number of amides is 2. The Hall–Kier alpha value is -1.30. The summed E-state index contributed by atoms with van der Waals surface area (Å²) in [7, 11) is 0. The molecular formula is C15H19Cl2N3O2. The number of hydrogen-bond donors (Lipinski definition) is 2. The van der Waals surface area contributed by atoms with Crippen LogP contribution in [0.2, 0.25) is 10.0 Å². The lowest BCUT2D eigenvalue weighted by molar-refractivity contribution is -0.127. The zero-order valence-corrected chi connectivity index (χ0v) is 13.8. The Bertz CT molecular complexity index is 560. The number of likely N-dealkylation sites (tertiary alicyclic amines) is 1. The van der Waals surface area contributed by atoms with Crippen molar-refractivity contribution in [3.8, 4) is 0 Å². The number of carbonyl (C=O) groups is 2. The molecule has 0 unspecified atom stereocenters. The van der Waals surface area contributed by atoms with E-state index in [9.17, 15) is 9.59 Å². The van der Waals surface area contributed by atoms with E-state index in [0.29, 0.717) is 22.3 Å². The van der Waals surface area contributed by atoms with Crippen molar-refractivity contribution in [1.29, 1.82) is 0 Å². The zero-order chi connectivity index (χ0) is 16.3. The van der Waals surface area contributed by atoms with Gasteiger partial charge in [-0.05, 0) is 44.5 Å². The summed E-state index contributed by atoms with van der Waals surface area (Å²) in [6.45, 7) is 3.10. The normalized spacial score (nSPS) is 20.4. The fourth-order valence-corrected chi connectivity index (χ4v) is 3.15. The molecule has 1 aliphatic rings. The second-order valence-electron chi connectivity index (χ2n) is 5.56. The summed E-state index contributed by atoms with van der Waals surface area (Å²) in [4.78, 5) is 25.7. The summed E-state index contributed by atoms with van der Waals surface area (Å²) in [6.07, 6.45) is 1.64. The lowest BCUT2D eigenvalue weighted by Gasteiger charge is -2.34. The number of benzene rings is 1. The number of nitrogens with two attached hydrogens (primary N) is 1. The van der Waals surface area contributed by atoms with Gasteiger partial charge in [-0.15, -0.1) is 0 Å². The lowest BCUT2D eigenvalue weighted by atomic mass is 9.96. The Labute approximate surface area is 139 Å². The van der Waals surface area contributed by atoms with E-state index in [0.717, 1.165) is 19.4 Å². The minimum absolute atomic E-state index is 0.163. The third-order valence-corrected chi connectivity index (χ3v) is 4.35. The molecule has 1 aliphatic heterocycles. The Morgan fingerprint density at radius 2 is 1.95 bits per heavy atom. The zero-order valence-electron chi connectivity index (χ0n) is 12.3. The topological polar surface area (TPSA) is 75.4 Å². The molecule has 1 saturated heterocycles. The number of primary amides is 1. The summed E-state index contributed by atoms with van der Waals surface area (Å²) in [5.41, 5.74) is 5.92. The number of anilines is 1. The summed E-state index contributed by atoms with van der Waals surface area (Å²) < 4.78 is 0. The molecule has 2 amide bonds. The van der Waals surface area contributed by atoms with Crippen molar-refractivity contribution in [2.45, 2.75) is 25.8 Å².